The van der Waals surface area contributed by atoms with E-state index in [0.29, 0.717) is 11.3 Å². The molecule has 0 unspecified atom stereocenters. The van der Waals surface area contributed by atoms with Crippen LogP contribution in [0.25, 0.3) is 0 Å². The Kier molecular flexibility index (Phi) is 4.66. The van der Waals surface area contributed by atoms with Crippen molar-refractivity contribution in [2.24, 2.45) is 0 Å². The van der Waals surface area contributed by atoms with Crippen molar-refractivity contribution >= 4 is 31.5 Å². The molecule has 0 radical (unpaired) electrons. The molecule has 0 aromatic heterocycles. The van der Waals surface area contributed by atoms with E-state index in [1.807, 2.05) is 13.0 Å². The van der Waals surface area contributed by atoms with Gasteiger partial charge in [0.2, 0.25) is 9.05 Å². The summed E-state index contributed by atoms with van der Waals surface area (Å²) in [6.07, 6.45) is 0. The van der Waals surface area contributed by atoms with Gasteiger partial charge < -0.3 is 0 Å². The molecule has 0 atom stereocenters. The number of hydrogen-bond acceptors (Lipinski definition) is 4. The third-order valence-electron chi connectivity index (χ3n) is 1.91. The highest BCUT2D eigenvalue weighted by molar-refractivity contribution is 8.14. The Morgan fingerprint density at radius 2 is 2.19 bits per heavy atom. The van der Waals surface area contributed by atoms with Crippen molar-refractivity contribution in [1.82, 2.24) is 0 Å². The summed E-state index contributed by atoms with van der Waals surface area (Å²) in [5, 5.41) is 8.89. The molecule has 0 aliphatic heterocycles. The number of nitriles is 1. The first kappa shape index (κ1) is 13.4. The van der Waals surface area contributed by atoms with Crippen LogP contribution in [0, 0.1) is 18.3 Å². The average molecular weight is 276 g/mol. The summed E-state index contributed by atoms with van der Waals surface area (Å²) in [6, 6.07) is 7.48. The second kappa shape index (κ2) is 5.58. The third-order valence-corrected chi connectivity index (χ3v) is 4.56. The molecule has 0 heterocycles. The molecule has 1 rings (SSSR count). The summed E-state index contributed by atoms with van der Waals surface area (Å²) in [5.74, 6) is 0.254. The number of halogens is 1. The number of nitrogens with zero attached hydrogens (tertiary/aromatic N) is 1. The van der Waals surface area contributed by atoms with Crippen molar-refractivity contribution in [3.63, 3.8) is 0 Å². The molecule has 0 aliphatic carbocycles. The zero-order valence-electron chi connectivity index (χ0n) is 8.60. The fourth-order valence-corrected chi connectivity index (χ4v) is 3.64. The Hall–Kier alpha value is -0.700. The fraction of sp³-hybridized carbons (Fsp3) is 0.300. The van der Waals surface area contributed by atoms with Crippen molar-refractivity contribution in [1.29, 1.82) is 5.26 Å². The van der Waals surface area contributed by atoms with Gasteiger partial charge in [-0.15, -0.1) is 11.8 Å². The third kappa shape index (κ3) is 4.05. The van der Waals surface area contributed by atoms with Crippen LogP contribution in [0.3, 0.4) is 0 Å². The first-order valence-corrected chi connectivity index (χ1v) is 7.95. The van der Waals surface area contributed by atoms with Crippen LogP contribution in [0.1, 0.15) is 11.1 Å². The molecule has 1 aromatic rings. The number of aryl methyl sites for hydroxylation is 1. The topological polar surface area (TPSA) is 57.9 Å². The zero-order valence-corrected chi connectivity index (χ0v) is 11.0. The SMILES string of the molecule is Cc1cccc(C#N)c1SCCS(=O)(=O)Cl. The van der Waals surface area contributed by atoms with Gasteiger partial charge in [-0.25, -0.2) is 8.42 Å². The highest BCUT2D eigenvalue weighted by atomic mass is 35.7. The predicted molar refractivity (Wildman–Crippen MR) is 66.3 cm³/mol. The second-order valence-electron chi connectivity index (χ2n) is 3.15. The van der Waals surface area contributed by atoms with Crippen LogP contribution in [0.4, 0.5) is 0 Å². The molecular weight excluding hydrogens is 266 g/mol. The lowest BCUT2D eigenvalue weighted by atomic mass is 10.1. The van der Waals surface area contributed by atoms with Crippen LogP contribution >= 0.6 is 22.4 Å². The smallest absolute Gasteiger partial charge is 0.212 e. The standard InChI is InChI=1S/C10H10ClNO2S2/c1-8-3-2-4-9(7-12)10(8)15-5-6-16(11,13)14/h2-4H,5-6H2,1H3. The minimum absolute atomic E-state index is 0.0988. The van der Waals surface area contributed by atoms with Crippen LogP contribution in [-0.2, 0) is 9.05 Å². The summed E-state index contributed by atoms with van der Waals surface area (Å²) in [4.78, 5) is 0.824. The minimum atomic E-state index is -3.46. The van der Waals surface area contributed by atoms with Gasteiger partial charge in [0.05, 0.1) is 11.3 Å². The van der Waals surface area contributed by atoms with Crippen molar-refractivity contribution in [3.8, 4) is 6.07 Å². The first-order valence-electron chi connectivity index (χ1n) is 4.49. The van der Waals surface area contributed by atoms with Gasteiger partial charge in [0.15, 0.2) is 0 Å². The molecule has 0 spiro atoms. The number of benzene rings is 1. The van der Waals surface area contributed by atoms with E-state index in [9.17, 15) is 8.42 Å². The van der Waals surface area contributed by atoms with Gasteiger partial charge in [-0.05, 0) is 18.6 Å². The average Bonchev–Trinajstić information content (AvgIpc) is 2.18. The summed E-state index contributed by atoms with van der Waals surface area (Å²) >= 11 is 1.34. The van der Waals surface area contributed by atoms with E-state index >= 15 is 0 Å². The molecule has 0 saturated carbocycles. The lowest BCUT2D eigenvalue weighted by molar-refractivity contribution is 0.611. The maximum absolute atomic E-state index is 10.7. The van der Waals surface area contributed by atoms with E-state index in [1.165, 1.54) is 11.8 Å². The Balaban J connectivity index is 2.78. The van der Waals surface area contributed by atoms with Crippen LogP contribution in [0.15, 0.2) is 23.1 Å². The van der Waals surface area contributed by atoms with E-state index in [-0.39, 0.29) is 5.75 Å². The molecule has 6 heteroatoms. The van der Waals surface area contributed by atoms with Gasteiger partial charge in [-0.1, -0.05) is 12.1 Å². The normalized spacial score (nSPS) is 11.1. The van der Waals surface area contributed by atoms with E-state index < -0.39 is 9.05 Å². The molecule has 16 heavy (non-hydrogen) atoms. The molecule has 0 saturated heterocycles. The maximum Gasteiger partial charge on any atom is 0.233 e. The predicted octanol–water partition coefficient (Wildman–Crippen LogP) is 2.53. The van der Waals surface area contributed by atoms with Crippen molar-refractivity contribution in [2.45, 2.75) is 11.8 Å². The number of hydrogen-bond donors (Lipinski definition) is 0. The molecule has 3 nitrogen and oxygen atoms in total. The lowest BCUT2D eigenvalue weighted by Crippen LogP contribution is -2.00. The molecule has 0 aliphatic rings. The van der Waals surface area contributed by atoms with Gasteiger partial charge in [-0.3, -0.25) is 0 Å². The minimum Gasteiger partial charge on any atom is -0.212 e. The summed E-state index contributed by atoms with van der Waals surface area (Å²) in [6.45, 7) is 1.89. The van der Waals surface area contributed by atoms with E-state index in [1.54, 1.807) is 12.1 Å². The largest absolute Gasteiger partial charge is 0.233 e. The Morgan fingerprint density at radius 3 is 2.75 bits per heavy atom. The Bertz CT molecular complexity index is 520. The van der Waals surface area contributed by atoms with E-state index in [4.69, 9.17) is 15.9 Å². The molecule has 0 N–H and O–H groups in total. The molecule has 0 amide bonds. The van der Waals surface area contributed by atoms with E-state index in [2.05, 4.69) is 6.07 Å². The Labute approximate surface area is 104 Å². The quantitative estimate of drug-likeness (QED) is 0.626. The van der Waals surface area contributed by atoms with Crippen molar-refractivity contribution < 1.29 is 8.42 Å². The van der Waals surface area contributed by atoms with Crippen LogP contribution in [0.2, 0.25) is 0 Å². The monoisotopic (exact) mass is 275 g/mol. The van der Waals surface area contributed by atoms with Gasteiger partial charge in [0.1, 0.15) is 6.07 Å². The highest BCUT2D eigenvalue weighted by Gasteiger charge is 2.09. The van der Waals surface area contributed by atoms with Crippen molar-refractivity contribution in [3.05, 3.63) is 29.3 Å². The highest BCUT2D eigenvalue weighted by Crippen LogP contribution is 2.26. The fourth-order valence-electron chi connectivity index (χ4n) is 1.18. The summed E-state index contributed by atoms with van der Waals surface area (Å²) in [5.41, 5.74) is 1.54. The van der Waals surface area contributed by atoms with E-state index in [0.717, 1.165) is 10.5 Å². The summed E-state index contributed by atoms with van der Waals surface area (Å²) < 4.78 is 21.5. The van der Waals surface area contributed by atoms with Gasteiger partial charge in [-0.2, -0.15) is 5.26 Å². The molecule has 86 valence electrons. The maximum atomic E-state index is 10.7. The number of thioether (sulfide) groups is 1. The zero-order chi connectivity index (χ0) is 12.2. The molecule has 0 bridgehead atoms. The molecule has 0 fully saturated rings. The van der Waals surface area contributed by atoms with Gasteiger partial charge in [0.25, 0.3) is 0 Å². The first-order chi connectivity index (χ1) is 7.44. The number of rotatable bonds is 4. The van der Waals surface area contributed by atoms with Crippen LogP contribution in [0.5, 0.6) is 0 Å². The van der Waals surface area contributed by atoms with Crippen LogP contribution < -0.4 is 0 Å². The lowest BCUT2D eigenvalue weighted by Gasteiger charge is -2.06. The molecular formula is C10H10ClNO2S2. The van der Waals surface area contributed by atoms with Crippen molar-refractivity contribution in [2.75, 3.05) is 11.5 Å². The van der Waals surface area contributed by atoms with Gasteiger partial charge in [0, 0.05) is 21.3 Å². The Morgan fingerprint density at radius 1 is 1.50 bits per heavy atom. The van der Waals surface area contributed by atoms with Gasteiger partial charge >= 0.3 is 0 Å². The summed E-state index contributed by atoms with van der Waals surface area (Å²) in [7, 11) is 1.65. The second-order valence-corrected chi connectivity index (χ2v) is 7.16. The molecule has 1 aromatic carbocycles. The van der Waals surface area contributed by atoms with Crippen LogP contribution in [-0.4, -0.2) is 19.9 Å².